The summed E-state index contributed by atoms with van der Waals surface area (Å²) in [5.41, 5.74) is 1.98. The van der Waals surface area contributed by atoms with E-state index in [4.69, 9.17) is 30.3 Å². The lowest BCUT2D eigenvalue weighted by atomic mass is 9.91. The van der Waals surface area contributed by atoms with E-state index < -0.39 is 12.0 Å². The summed E-state index contributed by atoms with van der Waals surface area (Å²) in [7, 11) is 0. The first-order valence-electron chi connectivity index (χ1n) is 21.4. The number of nitrogens with zero attached hydrogens (tertiary/aromatic N) is 4. The lowest BCUT2D eigenvalue weighted by Crippen LogP contribution is -2.48. The molecule has 6 aromatic rings. The monoisotopic (exact) mass is 955 g/mol. The van der Waals surface area contributed by atoms with E-state index in [1.165, 1.54) is 0 Å². The van der Waals surface area contributed by atoms with E-state index in [9.17, 15) is 14.7 Å². The maximum Gasteiger partial charge on any atom is 0.254 e. The third kappa shape index (κ3) is 11.2. The number of halogens is 2. The van der Waals surface area contributed by atoms with E-state index in [2.05, 4.69) is 48.3 Å². The molecule has 12 nitrogen and oxygen atoms in total. The molecule has 0 bridgehead atoms. The van der Waals surface area contributed by atoms with Crippen LogP contribution >= 0.6 is 38.9 Å². The number of ether oxygens (including phenoxy) is 3. The molecule has 0 saturated carbocycles. The average molecular weight is 957 g/mol. The third-order valence-electron chi connectivity index (χ3n) is 11.5. The molecular formula is C48H51BrClN5O7S. The van der Waals surface area contributed by atoms with Gasteiger partial charge in [0.2, 0.25) is 11.8 Å². The van der Waals surface area contributed by atoms with E-state index in [0.29, 0.717) is 55.1 Å². The minimum absolute atomic E-state index is 0.0767. The number of phenolic OH excluding ortho intramolecular Hbond substituents is 1. The Bertz CT molecular complexity index is 2470. The van der Waals surface area contributed by atoms with Crippen LogP contribution in [0.3, 0.4) is 0 Å². The van der Waals surface area contributed by atoms with E-state index in [1.807, 2.05) is 68.4 Å². The van der Waals surface area contributed by atoms with Gasteiger partial charge in [-0.3, -0.25) is 19.4 Å². The van der Waals surface area contributed by atoms with E-state index >= 15 is 0 Å². The van der Waals surface area contributed by atoms with Crippen molar-refractivity contribution in [3.63, 3.8) is 0 Å². The molecule has 2 amide bonds. The zero-order valence-electron chi connectivity index (χ0n) is 35.3. The number of aromatic nitrogens is 1. The highest BCUT2D eigenvalue weighted by Gasteiger charge is 2.40. The number of hydrogen-bond acceptors (Lipinski definition) is 11. The standard InChI is InChI=1S/C48H51BrClN5O7S/c1-31(2)44(48(58)55-19-3-4-40(55)47(57)51-30-32-5-11-35(50)12-6-32)41-29-43(52-62-41)60-27-25-54-22-20-53(21-23-54)24-26-59-37-14-16-38(17-15-37)61-45-39-18-13-36(56)28-42(39)63-46(45)33-7-9-34(49)10-8-33/h5-18,28-29,31,40,44,56H,3-4,19-27,30H2,1-2H3,(H,51,57)/t40-,44?/m0/s1. The number of likely N-dealkylation sites (tertiary alicyclic amines) is 1. The topological polar surface area (TPSA) is 130 Å². The second-order valence-electron chi connectivity index (χ2n) is 16.2. The first kappa shape index (κ1) is 44.5. The van der Waals surface area contributed by atoms with Crippen molar-refractivity contribution in [3.05, 3.63) is 118 Å². The Kier molecular flexibility index (Phi) is 14.5. The van der Waals surface area contributed by atoms with Crippen LogP contribution in [0.25, 0.3) is 20.5 Å². The zero-order chi connectivity index (χ0) is 43.9. The molecule has 2 fully saturated rings. The highest BCUT2D eigenvalue weighted by atomic mass is 79.9. The maximum absolute atomic E-state index is 13.9. The van der Waals surface area contributed by atoms with Gasteiger partial charge in [0.05, 0.1) is 4.88 Å². The van der Waals surface area contributed by atoms with Crippen molar-refractivity contribution in [1.82, 2.24) is 25.2 Å². The Morgan fingerprint density at radius 2 is 1.57 bits per heavy atom. The molecule has 1 unspecified atom stereocenters. The molecule has 0 spiro atoms. The smallest absolute Gasteiger partial charge is 0.254 e. The van der Waals surface area contributed by atoms with Crippen molar-refractivity contribution in [2.24, 2.45) is 5.92 Å². The number of amides is 2. The van der Waals surface area contributed by atoms with Gasteiger partial charge in [0.1, 0.15) is 42.4 Å². The second-order valence-corrected chi connectivity index (χ2v) is 18.6. The van der Waals surface area contributed by atoms with Crippen LogP contribution in [0.5, 0.6) is 28.9 Å². The van der Waals surface area contributed by atoms with Crippen LogP contribution in [0.1, 0.15) is 43.9 Å². The van der Waals surface area contributed by atoms with Crippen LogP contribution in [0, 0.1) is 5.92 Å². The number of piperazine rings is 1. The van der Waals surface area contributed by atoms with Crippen LogP contribution in [0.15, 0.2) is 106 Å². The first-order valence-corrected chi connectivity index (χ1v) is 23.4. The normalized spacial score (nSPS) is 16.4. The molecular weight excluding hydrogens is 906 g/mol. The number of carbonyl (C=O) groups excluding carboxylic acids is 2. The SMILES string of the molecule is CC(C)C(C(=O)N1CCC[C@H]1C(=O)NCc1ccc(Cl)cc1)c1cc(OCCN2CCN(CCOc3ccc(Oc4c(-c5ccc(Br)cc5)sc5cc(O)ccc45)cc3)CC2)no1. The lowest BCUT2D eigenvalue weighted by molar-refractivity contribution is -0.140. The molecule has 4 aromatic carbocycles. The Balaban J connectivity index is 0.757. The number of phenols is 1. The predicted octanol–water partition coefficient (Wildman–Crippen LogP) is 9.59. The lowest BCUT2D eigenvalue weighted by Gasteiger charge is -2.34. The Labute approximate surface area is 384 Å². The number of fused-ring (bicyclic) bond motifs is 1. The van der Waals surface area contributed by atoms with E-state index in [0.717, 1.165) is 87.8 Å². The Morgan fingerprint density at radius 1 is 0.889 bits per heavy atom. The van der Waals surface area contributed by atoms with Crippen molar-refractivity contribution in [3.8, 4) is 39.3 Å². The van der Waals surface area contributed by atoms with Gasteiger partial charge in [0, 0.05) is 78.0 Å². The maximum atomic E-state index is 13.9. The summed E-state index contributed by atoms with van der Waals surface area (Å²) >= 11 is 11.1. The van der Waals surface area contributed by atoms with Crippen molar-refractivity contribution in [2.45, 2.75) is 45.2 Å². The molecule has 15 heteroatoms. The minimum atomic E-state index is -0.586. The predicted molar refractivity (Wildman–Crippen MR) is 249 cm³/mol. The zero-order valence-corrected chi connectivity index (χ0v) is 38.5. The van der Waals surface area contributed by atoms with Crippen LogP contribution in [0.4, 0.5) is 0 Å². The quantitative estimate of drug-likeness (QED) is 0.0912. The number of aromatic hydroxyl groups is 1. The number of carbonyl (C=O) groups is 2. The molecule has 2 aliphatic rings. The minimum Gasteiger partial charge on any atom is -0.508 e. The fraction of sp³-hybridized carbons (Fsp3) is 0.354. The van der Waals surface area contributed by atoms with Crippen LogP contribution in [-0.2, 0) is 16.1 Å². The summed E-state index contributed by atoms with van der Waals surface area (Å²) < 4.78 is 26.3. The molecule has 0 radical (unpaired) electrons. The molecule has 2 N–H and O–H groups in total. The molecule has 4 heterocycles. The van der Waals surface area contributed by atoms with Crippen molar-refractivity contribution in [1.29, 1.82) is 0 Å². The van der Waals surface area contributed by atoms with Crippen LogP contribution in [0.2, 0.25) is 5.02 Å². The Morgan fingerprint density at radius 3 is 2.27 bits per heavy atom. The van der Waals surface area contributed by atoms with Crippen LogP contribution < -0.4 is 19.5 Å². The highest BCUT2D eigenvalue weighted by Crippen LogP contribution is 2.47. The molecule has 2 atom stereocenters. The number of hydrogen-bond donors (Lipinski definition) is 2. The molecule has 2 aliphatic heterocycles. The van der Waals surface area contributed by atoms with Gasteiger partial charge in [-0.15, -0.1) is 11.3 Å². The van der Waals surface area contributed by atoms with Gasteiger partial charge >= 0.3 is 0 Å². The molecule has 2 aromatic heterocycles. The van der Waals surface area contributed by atoms with Crippen LogP contribution in [-0.4, -0.2) is 102 Å². The van der Waals surface area contributed by atoms with Gasteiger partial charge < -0.3 is 34.1 Å². The molecule has 63 heavy (non-hydrogen) atoms. The van der Waals surface area contributed by atoms with E-state index in [-0.39, 0.29) is 23.5 Å². The summed E-state index contributed by atoms with van der Waals surface area (Å²) in [4.78, 5) is 34.6. The molecule has 2 saturated heterocycles. The summed E-state index contributed by atoms with van der Waals surface area (Å²) in [6.45, 7) is 11.1. The first-order chi connectivity index (χ1) is 30.6. The van der Waals surface area contributed by atoms with Gasteiger partial charge in [-0.1, -0.05) is 65.6 Å². The number of thiophene rings is 1. The summed E-state index contributed by atoms with van der Waals surface area (Å²) in [6, 6.07) is 29.7. The van der Waals surface area contributed by atoms with Crippen molar-refractivity contribution in [2.75, 3.05) is 59.0 Å². The van der Waals surface area contributed by atoms with Gasteiger partial charge in [-0.25, -0.2) is 0 Å². The fourth-order valence-electron chi connectivity index (χ4n) is 8.10. The summed E-state index contributed by atoms with van der Waals surface area (Å²) in [5, 5.41) is 18.8. The van der Waals surface area contributed by atoms with Crippen molar-refractivity contribution < 1.29 is 33.4 Å². The van der Waals surface area contributed by atoms with E-state index in [1.54, 1.807) is 46.6 Å². The highest BCUT2D eigenvalue weighted by molar-refractivity contribution is 9.10. The largest absolute Gasteiger partial charge is 0.508 e. The summed E-state index contributed by atoms with van der Waals surface area (Å²) in [5.74, 6) is 2.29. The van der Waals surface area contributed by atoms with Gasteiger partial charge in [-0.05, 0) is 102 Å². The average Bonchev–Trinajstić information content (AvgIpc) is 4.04. The van der Waals surface area contributed by atoms with Crippen molar-refractivity contribution >= 4 is 60.8 Å². The van der Waals surface area contributed by atoms with Gasteiger partial charge in [0.25, 0.3) is 5.88 Å². The summed E-state index contributed by atoms with van der Waals surface area (Å²) in [6.07, 6.45) is 1.37. The van der Waals surface area contributed by atoms with Gasteiger partial charge in [-0.2, -0.15) is 0 Å². The number of benzene rings is 4. The second kappa shape index (κ2) is 20.6. The fourth-order valence-corrected chi connectivity index (χ4v) is 9.66. The third-order valence-corrected chi connectivity index (χ3v) is 13.5. The number of nitrogens with one attached hydrogen (secondary N) is 1. The Hall–Kier alpha value is -5.12. The van der Waals surface area contributed by atoms with Gasteiger partial charge in [0.15, 0.2) is 11.5 Å². The molecule has 8 rings (SSSR count). The molecule has 330 valence electrons. The molecule has 0 aliphatic carbocycles. The number of rotatable bonds is 17.